The van der Waals surface area contributed by atoms with E-state index >= 15 is 0 Å². The summed E-state index contributed by atoms with van der Waals surface area (Å²) in [5.41, 5.74) is 2.91. The van der Waals surface area contributed by atoms with E-state index in [1.807, 2.05) is 20.9 Å². The molecule has 0 saturated carbocycles. The second-order valence-electron chi connectivity index (χ2n) is 4.40. The predicted octanol–water partition coefficient (Wildman–Crippen LogP) is 3.58. The number of rotatable bonds is 6. The number of hydrogen-bond acceptors (Lipinski definition) is 3. The van der Waals surface area contributed by atoms with Crippen LogP contribution in [-0.2, 0) is 0 Å². The molecule has 1 aromatic heterocycles. The van der Waals surface area contributed by atoms with Gasteiger partial charge in [-0.3, -0.25) is 4.98 Å². The molecule has 1 heterocycles. The van der Waals surface area contributed by atoms with Crippen molar-refractivity contribution in [2.24, 2.45) is 0 Å². The van der Waals surface area contributed by atoms with E-state index in [-0.39, 0.29) is 17.8 Å². The fraction of sp³-hybridized carbons (Fsp3) is 0.615. The van der Waals surface area contributed by atoms with Gasteiger partial charge in [-0.15, -0.1) is 35.6 Å². The number of ether oxygens (including phenoxy) is 1. The molecular formula is C13H21Cl3N2O. The van der Waals surface area contributed by atoms with Crippen LogP contribution in [0.15, 0.2) is 6.20 Å². The van der Waals surface area contributed by atoms with E-state index in [4.69, 9.17) is 27.9 Å². The lowest BCUT2D eigenvalue weighted by Crippen LogP contribution is -2.25. The number of hydrogen-bond donors (Lipinski definition) is 0. The summed E-state index contributed by atoms with van der Waals surface area (Å²) in [6, 6.07) is 0. The number of halogens is 3. The highest BCUT2D eigenvalue weighted by Gasteiger charge is 2.18. The molecule has 0 saturated heterocycles. The fourth-order valence-corrected chi connectivity index (χ4v) is 2.70. The monoisotopic (exact) mass is 326 g/mol. The first kappa shape index (κ1) is 18.8. The van der Waals surface area contributed by atoms with Gasteiger partial charge in [0, 0.05) is 36.3 Å². The number of alkyl halides is 2. The molecule has 1 aromatic rings. The molecule has 0 aromatic carbocycles. The van der Waals surface area contributed by atoms with Crippen molar-refractivity contribution in [3.05, 3.63) is 23.0 Å². The lowest BCUT2D eigenvalue weighted by atomic mass is 10.1. The fourth-order valence-electron chi connectivity index (χ4n) is 1.96. The maximum absolute atomic E-state index is 6.42. The Balaban J connectivity index is 0.00000324. The number of likely N-dealkylation sites (N-methyl/N-ethyl adjacent to an activating group) is 1. The summed E-state index contributed by atoms with van der Waals surface area (Å²) in [5.74, 6) is 1.47. The minimum atomic E-state index is -0.160. The molecule has 19 heavy (non-hydrogen) atoms. The molecule has 0 fully saturated rings. The van der Waals surface area contributed by atoms with Crippen LogP contribution < -0.4 is 4.74 Å². The standard InChI is InChI=1S/C13H20Cl2N2O.ClH/c1-9-7-16-12(10(2)13(9)18-4)11(15)8-17(3)6-5-14;/h7,11H,5-6,8H2,1-4H3;1H. The van der Waals surface area contributed by atoms with Crippen molar-refractivity contribution in [3.8, 4) is 5.75 Å². The largest absolute Gasteiger partial charge is 0.496 e. The molecule has 0 N–H and O–H groups in total. The van der Waals surface area contributed by atoms with Gasteiger partial charge in [0.2, 0.25) is 0 Å². The molecule has 1 unspecified atom stereocenters. The Morgan fingerprint density at radius 1 is 1.42 bits per heavy atom. The van der Waals surface area contributed by atoms with Crippen molar-refractivity contribution in [3.63, 3.8) is 0 Å². The molecular weight excluding hydrogens is 307 g/mol. The molecule has 0 bridgehead atoms. The Bertz CT molecular complexity index is 402. The number of nitrogens with zero attached hydrogens (tertiary/aromatic N) is 2. The molecule has 6 heteroatoms. The van der Waals surface area contributed by atoms with E-state index in [9.17, 15) is 0 Å². The van der Waals surface area contributed by atoms with Gasteiger partial charge in [-0.1, -0.05) is 0 Å². The Labute approximate surface area is 131 Å². The van der Waals surface area contributed by atoms with Crippen molar-refractivity contribution in [2.45, 2.75) is 19.2 Å². The topological polar surface area (TPSA) is 25.4 Å². The highest BCUT2D eigenvalue weighted by Crippen LogP contribution is 2.30. The van der Waals surface area contributed by atoms with E-state index in [2.05, 4.69) is 9.88 Å². The van der Waals surface area contributed by atoms with Gasteiger partial charge in [0.25, 0.3) is 0 Å². The van der Waals surface area contributed by atoms with Gasteiger partial charge in [-0.25, -0.2) is 0 Å². The first-order chi connectivity index (χ1) is 8.51. The molecule has 3 nitrogen and oxygen atoms in total. The summed E-state index contributed by atoms with van der Waals surface area (Å²) in [6.07, 6.45) is 1.80. The Kier molecular flexibility index (Phi) is 8.75. The SMILES string of the molecule is COc1c(C)cnc(C(Cl)CN(C)CCCl)c1C.Cl. The summed E-state index contributed by atoms with van der Waals surface area (Å²) in [7, 11) is 3.67. The third-order valence-corrected chi connectivity index (χ3v) is 3.43. The van der Waals surface area contributed by atoms with Crippen LogP contribution in [0.3, 0.4) is 0 Å². The van der Waals surface area contributed by atoms with Crippen molar-refractivity contribution >= 4 is 35.6 Å². The summed E-state index contributed by atoms with van der Waals surface area (Å²) < 4.78 is 5.39. The average Bonchev–Trinajstić information content (AvgIpc) is 2.29. The third-order valence-electron chi connectivity index (χ3n) is 2.92. The van der Waals surface area contributed by atoms with Crippen LogP contribution in [0.5, 0.6) is 5.75 Å². The van der Waals surface area contributed by atoms with Gasteiger partial charge in [-0.05, 0) is 20.9 Å². The van der Waals surface area contributed by atoms with E-state index in [0.29, 0.717) is 12.4 Å². The first-order valence-electron chi connectivity index (χ1n) is 5.89. The van der Waals surface area contributed by atoms with Crippen molar-refractivity contribution in [1.82, 2.24) is 9.88 Å². The molecule has 1 atom stereocenters. The zero-order valence-corrected chi connectivity index (χ0v) is 14.1. The summed E-state index contributed by atoms with van der Waals surface area (Å²) in [4.78, 5) is 6.52. The minimum absolute atomic E-state index is 0. The van der Waals surface area contributed by atoms with Gasteiger partial charge >= 0.3 is 0 Å². The number of pyridine rings is 1. The van der Waals surface area contributed by atoms with Gasteiger partial charge in [-0.2, -0.15) is 0 Å². The van der Waals surface area contributed by atoms with Gasteiger partial charge in [0.05, 0.1) is 18.2 Å². The van der Waals surface area contributed by atoms with Crippen LogP contribution in [0, 0.1) is 13.8 Å². The normalized spacial score (nSPS) is 12.2. The van der Waals surface area contributed by atoms with E-state index in [1.165, 1.54) is 0 Å². The number of aromatic nitrogens is 1. The second kappa shape index (κ2) is 8.85. The molecule has 110 valence electrons. The molecule has 0 aliphatic heterocycles. The third kappa shape index (κ3) is 4.99. The van der Waals surface area contributed by atoms with Crippen LogP contribution in [-0.4, -0.2) is 43.0 Å². The lowest BCUT2D eigenvalue weighted by molar-refractivity contribution is 0.352. The minimum Gasteiger partial charge on any atom is -0.496 e. The van der Waals surface area contributed by atoms with Crippen LogP contribution >= 0.6 is 35.6 Å². The highest BCUT2D eigenvalue weighted by molar-refractivity contribution is 6.21. The zero-order valence-electron chi connectivity index (χ0n) is 11.7. The summed E-state index contributed by atoms with van der Waals surface area (Å²) >= 11 is 12.1. The number of aryl methyl sites for hydroxylation is 1. The van der Waals surface area contributed by atoms with Crippen molar-refractivity contribution in [2.75, 3.05) is 33.1 Å². The average molecular weight is 328 g/mol. The smallest absolute Gasteiger partial charge is 0.128 e. The van der Waals surface area contributed by atoms with Crippen molar-refractivity contribution in [1.29, 1.82) is 0 Å². The van der Waals surface area contributed by atoms with Gasteiger partial charge < -0.3 is 9.64 Å². The highest BCUT2D eigenvalue weighted by atomic mass is 35.5. The zero-order chi connectivity index (χ0) is 13.7. The van der Waals surface area contributed by atoms with Crippen LogP contribution in [0.1, 0.15) is 22.2 Å². The summed E-state index contributed by atoms with van der Waals surface area (Å²) in [5, 5.41) is -0.160. The van der Waals surface area contributed by atoms with Crippen molar-refractivity contribution < 1.29 is 4.74 Å². The first-order valence-corrected chi connectivity index (χ1v) is 6.87. The van der Waals surface area contributed by atoms with E-state index < -0.39 is 0 Å². The Morgan fingerprint density at radius 2 is 2.05 bits per heavy atom. The predicted molar refractivity (Wildman–Crippen MR) is 84.3 cm³/mol. The van der Waals surface area contributed by atoms with Gasteiger partial charge in [0.15, 0.2) is 0 Å². The molecule has 1 rings (SSSR count). The molecule has 0 radical (unpaired) electrons. The molecule has 0 amide bonds. The summed E-state index contributed by atoms with van der Waals surface area (Å²) in [6.45, 7) is 5.50. The lowest BCUT2D eigenvalue weighted by Gasteiger charge is -2.21. The van der Waals surface area contributed by atoms with Crippen LogP contribution in [0.25, 0.3) is 0 Å². The van der Waals surface area contributed by atoms with Crippen LogP contribution in [0.4, 0.5) is 0 Å². The Morgan fingerprint density at radius 3 is 2.58 bits per heavy atom. The number of methoxy groups -OCH3 is 1. The molecule has 0 aliphatic rings. The maximum Gasteiger partial charge on any atom is 0.128 e. The van der Waals surface area contributed by atoms with E-state index in [0.717, 1.165) is 29.1 Å². The maximum atomic E-state index is 6.42. The second-order valence-corrected chi connectivity index (χ2v) is 5.31. The van der Waals surface area contributed by atoms with Gasteiger partial charge in [0.1, 0.15) is 5.75 Å². The van der Waals surface area contributed by atoms with E-state index in [1.54, 1.807) is 13.3 Å². The Hall–Kier alpha value is -0.220. The van der Waals surface area contributed by atoms with Crippen LogP contribution in [0.2, 0.25) is 0 Å². The molecule has 0 aliphatic carbocycles. The quantitative estimate of drug-likeness (QED) is 0.747. The molecule has 0 spiro atoms.